The molecule has 6 aromatic rings. The van der Waals surface area contributed by atoms with Crippen molar-refractivity contribution in [2.75, 3.05) is 4.90 Å². The van der Waals surface area contributed by atoms with Gasteiger partial charge in [0.05, 0.1) is 11.2 Å². The van der Waals surface area contributed by atoms with Crippen molar-refractivity contribution in [3.63, 3.8) is 0 Å². The van der Waals surface area contributed by atoms with Crippen LogP contribution in [-0.2, 0) is 13.0 Å². The number of hydrogen-bond donors (Lipinski definition) is 0. The summed E-state index contributed by atoms with van der Waals surface area (Å²) < 4.78 is 2.43. The van der Waals surface area contributed by atoms with E-state index in [2.05, 4.69) is 133 Å². The molecule has 0 saturated carbocycles. The highest BCUT2D eigenvalue weighted by Crippen LogP contribution is 2.41. The first-order valence-electron chi connectivity index (χ1n) is 12.7. The first-order chi connectivity index (χ1) is 17.3. The van der Waals surface area contributed by atoms with Crippen molar-refractivity contribution in [1.82, 2.24) is 4.57 Å². The fraction of sp³-hybridized carbons (Fsp3) is 0.152. The van der Waals surface area contributed by atoms with Crippen molar-refractivity contribution in [3.05, 3.63) is 115 Å². The smallest absolute Gasteiger partial charge is 0.0540 e. The molecule has 172 valence electrons. The standard InChI is InChI=1S/C33H30N2/c1-3-10-24-17-19-26(20-18-24)35(32-16-9-12-25-11-5-6-13-28(25)32)27-21-22-30-29-14-7-8-15-31(29)34(4-2)33(30)23-27/h5-9,11-23H,3-4,10H2,1-2H3. The molecule has 0 saturated heterocycles. The molecule has 6 rings (SSSR count). The molecule has 0 unspecified atom stereocenters. The maximum atomic E-state index is 2.43. The average Bonchev–Trinajstić information content (AvgIpc) is 3.23. The Balaban J connectivity index is 1.60. The van der Waals surface area contributed by atoms with Crippen molar-refractivity contribution >= 4 is 49.6 Å². The first-order valence-corrected chi connectivity index (χ1v) is 12.7. The summed E-state index contributed by atoms with van der Waals surface area (Å²) in [7, 11) is 0. The Morgan fingerprint density at radius 3 is 2.09 bits per heavy atom. The molecule has 0 aliphatic rings. The van der Waals surface area contributed by atoms with Gasteiger partial charge in [0, 0.05) is 39.6 Å². The fourth-order valence-electron chi connectivity index (χ4n) is 5.45. The number of fused-ring (bicyclic) bond motifs is 4. The Bertz CT molecular complexity index is 1630. The molecule has 35 heavy (non-hydrogen) atoms. The molecule has 1 aromatic heterocycles. The molecule has 0 N–H and O–H groups in total. The van der Waals surface area contributed by atoms with Crippen LogP contribution in [0, 0.1) is 0 Å². The number of aromatic nitrogens is 1. The number of para-hydroxylation sites is 1. The lowest BCUT2D eigenvalue weighted by Crippen LogP contribution is -2.10. The predicted octanol–water partition coefficient (Wildman–Crippen LogP) is 9.39. The highest BCUT2D eigenvalue weighted by Gasteiger charge is 2.17. The van der Waals surface area contributed by atoms with Crippen LogP contribution in [0.1, 0.15) is 25.8 Å². The lowest BCUT2D eigenvalue weighted by atomic mass is 10.0. The normalized spacial score (nSPS) is 11.5. The fourth-order valence-corrected chi connectivity index (χ4v) is 5.45. The Labute approximate surface area is 207 Å². The molecule has 0 atom stereocenters. The first kappa shape index (κ1) is 21.5. The third-order valence-electron chi connectivity index (χ3n) is 7.07. The van der Waals surface area contributed by atoms with Crippen molar-refractivity contribution in [1.29, 1.82) is 0 Å². The quantitative estimate of drug-likeness (QED) is 0.243. The number of anilines is 3. The zero-order valence-electron chi connectivity index (χ0n) is 20.4. The third kappa shape index (κ3) is 3.66. The molecular formula is C33H30N2. The molecule has 0 amide bonds. The number of rotatable bonds is 6. The Morgan fingerprint density at radius 1 is 0.600 bits per heavy atom. The van der Waals surface area contributed by atoms with Gasteiger partial charge in [-0.25, -0.2) is 0 Å². The van der Waals surface area contributed by atoms with E-state index in [0.717, 1.165) is 19.4 Å². The summed E-state index contributed by atoms with van der Waals surface area (Å²) in [6, 6.07) is 40.0. The molecule has 2 nitrogen and oxygen atoms in total. The minimum absolute atomic E-state index is 0.938. The Kier molecular flexibility index (Phi) is 5.50. The van der Waals surface area contributed by atoms with Crippen LogP contribution in [0.2, 0.25) is 0 Å². The second-order valence-corrected chi connectivity index (χ2v) is 9.21. The van der Waals surface area contributed by atoms with Crippen LogP contribution in [0.4, 0.5) is 17.1 Å². The van der Waals surface area contributed by atoms with Gasteiger partial charge in [-0.15, -0.1) is 0 Å². The molecule has 1 heterocycles. The number of hydrogen-bond acceptors (Lipinski definition) is 1. The van der Waals surface area contributed by atoms with Gasteiger partial charge in [0.1, 0.15) is 0 Å². The summed E-state index contributed by atoms with van der Waals surface area (Å²) in [6.07, 6.45) is 2.27. The van der Waals surface area contributed by atoms with E-state index < -0.39 is 0 Å². The van der Waals surface area contributed by atoms with Crippen LogP contribution in [0.3, 0.4) is 0 Å². The van der Waals surface area contributed by atoms with Crippen molar-refractivity contribution in [2.24, 2.45) is 0 Å². The third-order valence-corrected chi connectivity index (χ3v) is 7.07. The zero-order valence-corrected chi connectivity index (χ0v) is 20.4. The lowest BCUT2D eigenvalue weighted by Gasteiger charge is -2.27. The molecule has 0 radical (unpaired) electrons. The van der Waals surface area contributed by atoms with E-state index in [-0.39, 0.29) is 0 Å². The van der Waals surface area contributed by atoms with E-state index in [1.165, 1.54) is 55.2 Å². The van der Waals surface area contributed by atoms with Gasteiger partial charge in [-0.3, -0.25) is 0 Å². The second-order valence-electron chi connectivity index (χ2n) is 9.21. The topological polar surface area (TPSA) is 8.17 Å². The maximum absolute atomic E-state index is 2.43. The zero-order chi connectivity index (χ0) is 23.8. The van der Waals surface area contributed by atoms with E-state index in [4.69, 9.17) is 0 Å². The van der Waals surface area contributed by atoms with Crippen molar-refractivity contribution in [2.45, 2.75) is 33.2 Å². The molecule has 0 aliphatic carbocycles. The summed E-state index contributed by atoms with van der Waals surface area (Å²) in [4.78, 5) is 2.41. The van der Waals surface area contributed by atoms with Gasteiger partial charge < -0.3 is 9.47 Å². The summed E-state index contributed by atoms with van der Waals surface area (Å²) in [5, 5.41) is 5.13. The summed E-state index contributed by atoms with van der Waals surface area (Å²) >= 11 is 0. The van der Waals surface area contributed by atoms with Gasteiger partial charge in [0.25, 0.3) is 0 Å². The molecule has 2 heteroatoms. The van der Waals surface area contributed by atoms with Gasteiger partial charge in [-0.05, 0) is 60.7 Å². The minimum Gasteiger partial charge on any atom is -0.341 e. The van der Waals surface area contributed by atoms with Gasteiger partial charge >= 0.3 is 0 Å². The van der Waals surface area contributed by atoms with Crippen LogP contribution in [-0.4, -0.2) is 4.57 Å². The molecule has 5 aromatic carbocycles. The van der Waals surface area contributed by atoms with E-state index in [1.807, 2.05) is 0 Å². The van der Waals surface area contributed by atoms with Crippen molar-refractivity contribution in [3.8, 4) is 0 Å². The highest BCUT2D eigenvalue weighted by atomic mass is 15.1. The summed E-state index contributed by atoms with van der Waals surface area (Å²) in [6.45, 7) is 5.40. The minimum atomic E-state index is 0.938. The summed E-state index contributed by atoms with van der Waals surface area (Å²) in [5.74, 6) is 0. The van der Waals surface area contributed by atoms with E-state index in [9.17, 15) is 0 Å². The van der Waals surface area contributed by atoms with Gasteiger partial charge in [-0.1, -0.05) is 86.1 Å². The van der Waals surface area contributed by atoms with E-state index in [0.29, 0.717) is 0 Å². The number of aryl methyl sites for hydroxylation is 2. The lowest BCUT2D eigenvalue weighted by molar-refractivity contribution is 0.827. The number of nitrogens with zero attached hydrogens (tertiary/aromatic N) is 2. The van der Waals surface area contributed by atoms with Crippen LogP contribution >= 0.6 is 0 Å². The Morgan fingerprint density at radius 2 is 1.29 bits per heavy atom. The molecule has 0 fully saturated rings. The van der Waals surface area contributed by atoms with Crippen LogP contribution in [0.5, 0.6) is 0 Å². The maximum Gasteiger partial charge on any atom is 0.0540 e. The molecule has 0 bridgehead atoms. The molecule has 0 aliphatic heterocycles. The largest absolute Gasteiger partial charge is 0.341 e. The van der Waals surface area contributed by atoms with Crippen LogP contribution in [0.25, 0.3) is 32.6 Å². The summed E-state index contributed by atoms with van der Waals surface area (Å²) in [5.41, 5.74) is 7.51. The van der Waals surface area contributed by atoms with Gasteiger partial charge in [-0.2, -0.15) is 0 Å². The second kappa shape index (κ2) is 8.96. The van der Waals surface area contributed by atoms with E-state index >= 15 is 0 Å². The number of benzene rings is 5. The SMILES string of the molecule is CCCc1ccc(N(c2ccc3c4ccccc4n(CC)c3c2)c2cccc3ccccc23)cc1. The van der Waals surface area contributed by atoms with Crippen molar-refractivity contribution < 1.29 is 0 Å². The van der Waals surface area contributed by atoms with Crippen LogP contribution in [0.15, 0.2) is 109 Å². The van der Waals surface area contributed by atoms with Gasteiger partial charge in [0.15, 0.2) is 0 Å². The van der Waals surface area contributed by atoms with Gasteiger partial charge in [0.2, 0.25) is 0 Å². The highest BCUT2D eigenvalue weighted by molar-refractivity contribution is 6.09. The molecule has 0 spiro atoms. The van der Waals surface area contributed by atoms with E-state index in [1.54, 1.807) is 0 Å². The molecular weight excluding hydrogens is 424 g/mol. The monoisotopic (exact) mass is 454 g/mol. The Hall–Kier alpha value is -4.04. The predicted molar refractivity (Wildman–Crippen MR) is 151 cm³/mol. The van der Waals surface area contributed by atoms with Crippen LogP contribution < -0.4 is 4.90 Å². The average molecular weight is 455 g/mol.